The van der Waals surface area contributed by atoms with E-state index in [1.54, 1.807) is 97.9 Å². The zero-order valence-corrected chi connectivity index (χ0v) is 19.6. The second kappa shape index (κ2) is 11.6. The molecule has 1 heterocycles. The molecule has 5 unspecified atom stereocenters. The van der Waals surface area contributed by atoms with Gasteiger partial charge >= 0.3 is 17.9 Å². The monoisotopic (exact) mass is 490 g/mol. The summed E-state index contributed by atoms with van der Waals surface area (Å²) in [6.07, 6.45) is -4.65. The van der Waals surface area contributed by atoms with Crippen LogP contribution in [0.2, 0.25) is 0 Å². The highest BCUT2D eigenvalue weighted by atomic mass is 16.7. The van der Waals surface area contributed by atoms with Gasteiger partial charge in [-0.3, -0.25) is 0 Å². The molecule has 0 bridgehead atoms. The molecule has 1 aliphatic rings. The van der Waals surface area contributed by atoms with Gasteiger partial charge in [-0.2, -0.15) is 0 Å². The first-order valence-electron chi connectivity index (χ1n) is 11.5. The zero-order chi connectivity index (χ0) is 25.5. The third-order valence-electron chi connectivity index (χ3n) is 5.89. The first-order valence-corrected chi connectivity index (χ1v) is 11.5. The smallest absolute Gasteiger partial charge is 0.338 e. The van der Waals surface area contributed by atoms with E-state index >= 15 is 0 Å². The van der Waals surface area contributed by atoms with Gasteiger partial charge in [0.05, 0.1) is 16.7 Å². The summed E-state index contributed by atoms with van der Waals surface area (Å²) in [5.74, 6) is -2.56. The molecule has 3 aromatic rings. The maximum atomic E-state index is 12.8. The van der Waals surface area contributed by atoms with E-state index in [9.17, 15) is 19.5 Å². The van der Waals surface area contributed by atoms with Crippen molar-refractivity contribution in [2.45, 2.75) is 31.5 Å². The van der Waals surface area contributed by atoms with Gasteiger partial charge in [-0.25, -0.2) is 14.4 Å². The predicted octanol–water partition coefficient (Wildman–Crippen LogP) is 3.65. The Hall–Kier alpha value is -4.01. The Kier molecular flexibility index (Phi) is 8.10. The number of hydrogen-bond acceptors (Lipinski definition) is 8. The fourth-order valence-electron chi connectivity index (χ4n) is 3.95. The van der Waals surface area contributed by atoms with E-state index in [1.807, 2.05) is 0 Å². The maximum absolute atomic E-state index is 12.8. The van der Waals surface area contributed by atoms with Gasteiger partial charge in [-0.15, -0.1) is 0 Å². The molecule has 8 nitrogen and oxygen atoms in total. The Morgan fingerprint density at radius 2 is 1.11 bits per heavy atom. The number of carbonyl (C=O) groups is 3. The maximum Gasteiger partial charge on any atom is 0.338 e. The highest BCUT2D eigenvalue weighted by Crippen LogP contribution is 2.31. The van der Waals surface area contributed by atoms with Crippen molar-refractivity contribution in [1.29, 1.82) is 0 Å². The van der Waals surface area contributed by atoms with E-state index in [0.717, 1.165) is 0 Å². The molecule has 1 aliphatic heterocycles. The minimum Gasteiger partial charge on any atom is -0.459 e. The van der Waals surface area contributed by atoms with Crippen molar-refractivity contribution in [3.63, 3.8) is 0 Å². The molecule has 186 valence electrons. The van der Waals surface area contributed by atoms with Gasteiger partial charge in [-0.05, 0) is 36.4 Å². The molecule has 1 N–H and O–H groups in total. The number of carbonyl (C=O) groups excluding carboxylic acids is 3. The third kappa shape index (κ3) is 5.97. The van der Waals surface area contributed by atoms with E-state index in [4.69, 9.17) is 18.9 Å². The summed E-state index contributed by atoms with van der Waals surface area (Å²) in [5, 5.41) is 10.7. The van der Waals surface area contributed by atoms with Crippen LogP contribution in [0.5, 0.6) is 0 Å². The minimum absolute atomic E-state index is 0.290. The van der Waals surface area contributed by atoms with Crippen LogP contribution in [0.1, 0.15) is 38.0 Å². The van der Waals surface area contributed by atoms with Crippen LogP contribution < -0.4 is 0 Å². The first-order chi connectivity index (χ1) is 17.4. The van der Waals surface area contributed by atoms with E-state index in [-0.39, 0.29) is 6.61 Å². The lowest BCUT2D eigenvalue weighted by Crippen LogP contribution is -2.57. The summed E-state index contributed by atoms with van der Waals surface area (Å²) in [7, 11) is 0. The summed E-state index contributed by atoms with van der Waals surface area (Å²) in [6, 6.07) is 25.1. The summed E-state index contributed by atoms with van der Waals surface area (Å²) in [6.45, 7) is 1.38. The highest BCUT2D eigenvalue weighted by molar-refractivity contribution is 5.90. The molecule has 4 rings (SSSR count). The van der Waals surface area contributed by atoms with Gasteiger partial charge in [0.25, 0.3) is 0 Å². The van der Waals surface area contributed by atoms with Gasteiger partial charge in [-0.1, -0.05) is 61.5 Å². The molecule has 36 heavy (non-hydrogen) atoms. The molecule has 0 aliphatic carbocycles. The average Bonchev–Trinajstić information content (AvgIpc) is 2.92. The topological polar surface area (TPSA) is 108 Å². The normalized spacial score (nSPS) is 23.3. The molecule has 5 atom stereocenters. The fourth-order valence-corrected chi connectivity index (χ4v) is 3.95. The number of benzene rings is 3. The molecule has 8 heteroatoms. The van der Waals surface area contributed by atoms with Crippen molar-refractivity contribution in [3.05, 3.63) is 108 Å². The van der Waals surface area contributed by atoms with Gasteiger partial charge in [0.1, 0.15) is 18.8 Å². The quantitative estimate of drug-likeness (QED) is 0.395. The number of aliphatic hydroxyl groups excluding tert-OH is 1. The molecule has 0 spiro atoms. The van der Waals surface area contributed by atoms with Crippen LogP contribution in [0.3, 0.4) is 0 Å². The predicted molar refractivity (Wildman–Crippen MR) is 128 cm³/mol. The van der Waals surface area contributed by atoms with Crippen molar-refractivity contribution in [3.8, 4) is 0 Å². The highest BCUT2D eigenvalue weighted by Gasteiger charge is 2.48. The molecule has 1 fully saturated rings. The summed E-state index contributed by atoms with van der Waals surface area (Å²) < 4.78 is 22.4. The van der Waals surface area contributed by atoms with Gasteiger partial charge in [0.15, 0.2) is 12.4 Å². The number of hydrogen-bond donors (Lipinski definition) is 1. The zero-order valence-electron chi connectivity index (χ0n) is 19.6. The van der Waals surface area contributed by atoms with Crippen LogP contribution in [0.25, 0.3) is 0 Å². The summed E-state index contributed by atoms with van der Waals surface area (Å²) in [4.78, 5) is 37.9. The van der Waals surface area contributed by atoms with Crippen LogP contribution in [0.15, 0.2) is 91.0 Å². The van der Waals surface area contributed by atoms with Crippen molar-refractivity contribution in [2.75, 3.05) is 6.61 Å². The Bertz CT molecular complexity index is 1160. The van der Waals surface area contributed by atoms with Crippen molar-refractivity contribution >= 4 is 17.9 Å². The first kappa shape index (κ1) is 25.1. The second-order valence-corrected chi connectivity index (χ2v) is 8.36. The van der Waals surface area contributed by atoms with Gasteiger partial charge in [0.2, 0.25) is 0 Å². The molecule has 3 aromatic carbocycles. The molecule has 0 saturated carbocycles. The SMILES string of the molecule is CC1C(OC(=O)c2ccccc2)C(O)OC(COC(=O)c2ccccc2)C1OC(=O)c1ccccc1. The van der Waals surface area contributed by atoms with Crippen molar-refractivity contribution in [2.24, 2.45) is 5.92 Å². The molecule has 1 saturated heterocycles. The lowest BCUT2D eigenvalue weighted by molar-refractivity contribution is -0.269. The number of ether oxygens (including phenoxy) is 4. The fraction of sp³-hybridized carbons (Fsp3) is 0.250. The largest absolute Gasteiger partial charge is 0.459 e. The van der Waals surface area contributed by atoms with Gasteiger partial charge < -0.3 is 24.1 Å². The second-order valence-electron chi connectivity index (χ2n) is 8.36. The van der Waals surface area contributed by atoms with Crippen molar-refractivity contribution in [1.82, 2.24) is 0 Å². The summed E-state index contributed by atoms with van der Waals surface area (Å²) >= 11 is 0. The van der Waals surface area contributed by atoms with E-state index in [2.05, 4.69) is 0 Å². The van der Waals surface area contributed by atoms with Crippen molar-refractivity contribution < 1.29 is 38.4 Å². The van der Waals surface area contributed by atoms with Gasteiger partial charge in [0, 0.05) is 5.92 Å². The Morgan fingerprint density at radius 1 is 0.694 bits per heavy atom. The Morgan fingerprint density at radius 3 is 1.58 bits per heavy atom. The molecular formula is C28H26O8. The molecule has 0 aromatic heterocycles. The molecular weight excluding hydrogens is 464 g/mol. The van der Waals surface area contributed by atoms with Crippen LogP contribution in [0, 0.1) is 5.92 Å². The van der Waals surface area contributed by atoms with Crippen LogP contribution in [0.4, 0.5) is 0 Å². The lowest BCUT2D eigenvalue weighted by Gasteiger charge is -2.42. The van der Waals surface area contributed by atoms with Crippen LogP contribution >= 0.6 is 0 Å². The standard InChI is InChI=1S/C28H26O8/c1-18-23(35-26(30)20-13-7-3-8-14-20)22(17-33-25(29)19-11-5-2-6-12-19)34-28(32)24(18)36-27(31)21-15-9-4-10-16-21/h2-16,18,22-24,28,32H,17H2,1H3. The number of rotatable bonds is 7. The molecule has 0 radical (unpaired) electrons. The van der Waals surface area contributed by atoms with E-state index < -0.39 is 48.4 Å². The van der Waals surface area contributed by atoms with E-state index in [0.29, 0.717) is 16.7 Å². The average molecular weight is 491 g/mol. The van der Waals surface area contributed by atoms with Crippen LogP contribution in [-0.4, -0.2) is 54.2 Å². The Labute approximate surface area is 208 Å². The third-order valence-corrected chi connectivity index (χ3v) is 5.89. The number of aliphatic hydroxyl groups is 1. The van der Waals surface area contributed by atoms with Crippen LogP contribution in [-0.2, 0) is 18.9 Å². The lowest BCUT2D eigenvalue weighted by atomic mass is 9.90. The van der Waals surface area contributed by atoms with E-state index in [1.165, 1.54) is 0 Å². The summed E-state index contributed by atoms with van der Waals surface area (Å²) in [5.41, 5.74) is 0.955. The number of esters is 3. The molecule has 0 amide bonds. The minimum atomic E-state index is -1.53. The Balaban J connectivity index is 1.52.